The average Bonchev–Trinajstić information content (AvgIpc) is 2.44. The summed E-state index contributed by atoms with van der Waals surface area (Å²) in [5.74, 6) is -0.138. The molecule has 0 bridgehead atoms. The van der Waals surface area contributed by atoms with Gasteiger partial charge in [-0.05, 0) is 36.6 Å². The zero-order valence-electron chi connectivity index (χ0n) is 9.71. The SMILES string of the molecule is Cc1cc(F)cc(CN2CCCOCC2)c1. The van der Waals surface area contributed by atoms with Crippen molar-refractivity contribution in [2.45, 2.75) is 19.9 Å². The number of hydrogen-bond donors (Lipinski definition) is 0. The van der Waals surface area contributed by atoms with Crippen molar-refractivity contribution in [2.24, 2.45) is 0 Å². The molecule has 1 aliphatic rings. The van der Waals surface area contributed by atoms with Gasteiger partial charge < -0.3 is 4.74 Å². The molecule has 2 nitrogen and oxygen atoms in total. The maximum atomic E-state index is 13.2. The molecule has 0 unspecified atom stereocenters. The Morgan fingerprint density at radius 3 is 2.94 bits per heavy atom. The van der Waals surface area contributed by atoms with E-state index in [4.69, 9.17) is 4.74 Å². The van der Waals surface area contributed by atoms with Crippen LogP contribution < -0.4 is 0 Å². The summed E-state index contributed by atoms with van der Waals surface area (Å²) in [5.41, 5.74) is 2.04. The van der Waals surface area contributed by atoms with Crippen LogP contribution in [0.15, 0.2) is 18.2 Å². The van der Waals surface area contributed by atoms with E-state index in [0.29, 0.717) is 0 Å². The molecule has 16 heavy (non-hydrogen) atoms. The summed E-state index contributed by atoms with van der Waals surface area (Å²) in [7, 11) is 0. The van der Waals surface area contributed by atoms with Crippen molar-refractivity contribution in [2.75, 3.05) is 26.3 Å². The Kier molecular flexibility index (Phi) is 3.91. The van der Waals surface area contributed by atoms with Crippen LogP contribution in [-0.2, 0) is 11.3 Å². The van der Waals surface area contributed by atoms with Gasteiger partial charge >= 0.3 is 0 Å². The third-order valence-electron chi connectivity index (χ3n) is 2.82. The molecule has 0 aromatic heterocycles. The van der Waals surface area contributed by atoms with Gasteiger partial charge in [0, 0.05) is 26.2 Å². The molecule has 1 aliphatic heterocycles. The highest BCUT2D eigenvalue weighted by atomic mass is 19.1. The van der Waals surface area contributed by atoms with Gasteiger partial charge in [-0.2, -0.15) is 0 Å². The predicted molar refractivity (Wildman–Crippen MR) is 61.9 cm³/mol. The Balaban J connectivity index is 2.01. The van der Waals surface area contributed by atoms with Crippen molar-refractivity contribution in [3.05, 3.63) is 35.1 Å². The Morgan fingerprint density at radius 2 is 2.12 bits per heavy atom. The van der Waals surface area contributed by atoms with E-state index in [9.17, 15) is 4.39 Å². The van der Waals surface area contributed by atoms with Crippen LogP contribution in [-0.4, -0.2) is 31.2 Å². The molecule has 1 saturated heterocycles. The largest absolute Gasteiger partial charge is 0.380 e. The molecule has 2 rings (SSSR count). The monoisotopic (exact) mass is 223 g/mol. The number of hydrogen-bond acceptors (Lipinski definition) is 2. The lowest BCUT2D eigenvalue weighted by atomic mass is 10.1. The van der Waals surface area contributed by atoms with Gasteiger partial charge in [0.1, 0.15) is 5.82 Å². The van der Waals surface area contributed by atoms with Crippen LogP contribution in [0, 0.1) is 12.7 Å². The Hall–Kier alpha value is -0.930. The fourth-order valence-electron chi connectivity index (χ4n) is 2.12. The molecular formula is C13H18FNO. The van der Waals surface area contributed by atoms with Crippen molar-refractivity contribution in [1.29, 1.82) is 0 Å². The van der Waals surface area contributed by atoms with Gasteiger partial charge in [-0.15, -0.1) is 0 Å². The molecule has 0 amide bonds. The lowest BCUT2D eigenvalue weighted by Gasteiger charge is -2.19. The highest BCUT2D eigenvalue weighted by Crippen LogP contribution is 2.12. The van der Waals surface area contributed by atoms with Crippen LogP contribution in [0.3, 0.4) is 0 Å². The van der Waals surface area contributed by atoms with Crippen LogP contribution in [0.5, 0.6) is 0 Å². The van der Waals surface area contributed by atoms with Gasteiger partial charge in [-0.25, -0.2) is 4.39 Å². The molecule has 0 spiro atoms. The molecule has 0 atom stereocenters. The van der Waals surface area contributed by atoms with E-state index in [-0.39, 0.29) is 5.82 Å². The normalized spacial score (nSPS) is 18.4. The average molecular weight is 223 g/mol. The van der Waals surface area contributed by atoms with Crippen molar-refractivity contribution in [3.63, 3.8) is 0 Å². The second-order valence-corrected chi connectivity index (χ2v) is 4.38. The second kappa shape index (κ2) is 5.41. The van der Waals surface area contributed by atoms with Gasteiger partial charge in [-0.3, -0.25) is 4.90 Å². The third-order valence-corrected chi connectivity index (χ3v) is 2.82. The van der Waals surface area contributed by atoms with Crippen molar-refractivity contribution in [1.82, 2.24) is 4.90 Å². The second-order valence-electron chi connectivity index (χ2n) is 4.38. The molecule has 3 heteroatoms. The van der Waals surface area contributed by atoms with Gasteiger partial charge in [0.15, 0.2) is 0 Å². The lowest BCUT2D eigenvalue weighted by molar-refractivity contribution is 0.140. The lowest BCUT2D eigenvalue weighted by Crippen LogP contribution is -2.25. The first kappa shape index (κ1) is 11.6. The summed E-state index contributed by atoms with van der Waals surface area (Å²) in [4.78, 5) is 2.32. The van der Waals surface area contributed by atoms with Crippen LogP contribution in [0.4, 0.5) is 4.39 Å². The van der Waals surface area contributed by atoms with Gasteiger partial charge in [0.05, 0.1) is 6.61 Å². The predicted octanol–water partition coefficient (Wildman–Crippen LogP) is 2.36. The zero-order chi connectivity index (χ0) is 11.4. The first-order valence-electron chi connectivity index (χ1n) is 5.80. The topological polar surface area (TPSA) is 12.5 Å². The third kappa shape index (κ3) is 3.29. The molecular weight excluding hydrogens is 205 g/mol. The Labute approximate surface area is 96.0 Å². The Morgan fingerprint density at radius 1 is 1.25 bits per heavy atom. The quantitative estimate of drug-likeness (QED) is 0.763. The van der Waals surface area contributed by atoms with Crippen LogP contribution in [0.25, 0.3) is 0 Å². The van der Waals surface area contributed by atoms with E-state index in [1.165, 1.54) is 0 Å². The van der Waals surface area contributed by atoms with E-state index >= 15 is 0 Å². The molecule has 88 valence electrons. The first-order chi connectivity index (χ1) is 7.74. The summed E-state index contributed by atoms with van der Waals surface area (Å²) in [6.45, 7) is 6.36. The smallest absolute Gasteiger partial charge is 0.123 e. The van der Waals surface area contributed by atoms with E-state index in [2.05, 4.69) is 11.0 Å². The summed E-state index contributed by atoms with van der Waals surface area (Å²) in [6, 6.07) is 5.24. The van der Waals surface area contributed by atoms with Gasteiger partial charge in [0.2, 0.25) is 0 Å². The first-order valence-corrected chi connectivity index (χ1v) is 5.80. The summed E-state index contributed by atoms with van der Waals surface area (Å²) >= 11 is 0. The van der Waals surface area contributed by atoms with E-state index in [1.54, 1.807) is 12.1 Å². The van der Waals surface area contributed by atoms with Crippen LogP contribution >= 0.6 is 0 Å². The minimum Gasteiger partial charge on any atom is -0.380 e. The summed E-state index contributed by atoms with van der Waals surface area (Å²) in [6.07, 6.45) is 1.06. The molecule has 0 radical (unpaired) electrons. The highest BCUT2D eigenvalue weighted by Gasteiger charge is 2.10. The zero-order valence-corrected chi connectivity index (χ0v) is 9.71. The van der Waals surface area contributed by atoms with Gasteiger partial charge in [-0.1, -0.05) is 6.07 Å². The van der Waals surface area contributed by atoms with Crippen molar-refractivity contribution >= 4 is 0 Å². The number of halogens is 1. The fraction of sp³-hybridized carbons (Fsp3) is 0.538. The molecule has 1 heterocycles. The summed E-state index contributed by atoms with van der Waals surface area (Å²) in [5, 5.41) is 0. The molecule has 0 saturated carbocycles. The number of benzene rings is 1. The Bertz CT molecular complexity index is 326. The van der Waals surface area contributed by atoms with E-state index in [0.717, 1.165) is 50.4 Å². The highest BCUT2D eigenvalue weighted by molar-refractivity contribution is 5.23. The fourth-order valence-corrected chi connectivity index (χ4v) is 2.12. The number of aryl methyl sites for hydroxylation is 1. The minimum atomic E-state index is -0.138. The number of ether oxygens (including phenoxy) is 1. The minimum absolute atomic E-state index is 0.138. The van der Waals surface area contributed by atoms with Crippen molar-refractivity contribution < 1.29 is 9.13 Å². The molecule has 0 N–H and O–H groups in total. The molecule has 1 aromatic rings. The maximum absolute atomic E-state index is 13.2. The van der Waals surface area contributed by atoms with Gasteiger partial charge in [0.25, 0.3) is 0 Å². The molecule has 1 aromatic carbocycles. The van der Waals surface area contributed by atoms with Crippen LogP contribution in [0.2, 0.25) is 0 Å². The summed E-state index contributed by atoms with van der Waals surface area (Å²) < 4.78 is 18.6. The van der Waals surface area contributed by atoms with Crippen molar-refractivity contribution in [3.8, 4) is 0 Å². The molecule has 1 fully saturated rings. The maximum Gasteiger partial charge on any atom is 0.123 e. The van der Waals surface area contributed by atoms with E-state index < -0.39 is 0 Å². The number of nitrogens with zero attached hydrogens (tertiary/aromatic N) is 1. The number of rotatable bonds is 2. The van der Waals surface area contributed by atoms with E-state index in [1.807, 2.05) is 6.92 Å². The standard InChI is InChI=1S/C13H18FNO/c1-11-7-12(9-13(14)8-11)10-15-3-2-5-16-6-4-15/h7-9H,2-6,10H2,1H3. The van der Waals surface area contributed by atoms with Crippen LogP contribution in [0.1, 0.15) is 17.5 Å². The molecule has 0 aliphatic carbocycles.